The zero-order chi connectivity index (χ0) is 13.3. The highest BCUT2D eigenvalue weighted by molar-refractivity contribution is 9.10. The average Bonchev–Trinajstić information content (AvgIpc) is 2.79. The summed E-state index contributed by atoms with van der Waals surface area (Å²) in [7, 11) is 0. The van der Waals surface area contributed by atoms with E-state index in [1.54, 1.807) is 0 Å². The lowest BCUT2D eigenvalue weighted by molar-refractivity contribution is -0.140. The molecule has 18 heavy (non-hydrogen) atoms. The van der Waals surface area contributed by atoms with Gasteiger partial charge in [0.1, 0.15) is 11.6 Å². The predicted octanol–water partition coefficient (Wildman–Crippen LogP) is 4.09. The molecule has 1 aromatic carbocycles. The van der Waals surface area contributed by atoms with Gasteiger partial charge in [-0.3, -0.25) is 4.79 Å². The normalized spacial score (nSPS) is 17.9. The molecule has 98 valence electrons. The number of carboxylic acids is 1. The molecular weight excluding hydrogens is 306 g/mol. The molecule has 1 saturated carbocycles. The fourth-order valence-corrected chi connectivity index (χ4v) is 2.97. The summed E-state index contributed by atoms with van der Waals surface area (Å²) in [5.74, 6) is -3.42. The average molecular weight is 319 g/mol. The number of carboxylic acid groups (broad SMARTS) is 1. The van der Waals surface area contributed by atoms with Crippen molar-refractivity contribution in [3.8, 4) is 0 Å². The third kappa shape index (κ3) is 2.55. The summed E-state index contributed by atoms with van der Waals surface area (Å²) >= 11 is 2.89. The molecular formula is C13H13BrF2O2. The van der Waals surface area contributed by atoms with Gasteiger partial charge in [0, 0.05) is 5.56 Å². The molecule has 1 unspecified atom stereocenters. The Bertz CT molecular complexity index is 470. The van der Waals surface area contributed by atoms with Crippen molar-refractivity contribution in [2.75, 3.05) is 0 Å². The van der Waals surface area contributed by atoms with Crippen molar-refractivity contribution in [2.24, 2.45) is 5.92 Å². The van der Waals surface area contributed by atoms with Crippen LogP contribution in [0.5, 0.6) is 0 Å². The third-order valence-corrected chi connectivity index (χ3v) is 4.12. The van der Waals surface area contributed by atoms with Gasteiger partial charge in [-0.2, -0.15) is 0 Å². The Labute approximate surface area is 112 Å². The second kappa shape index (κ2) is 5.34. The van der Waals surface area contributed by atoms with Crippen molar-refractivity contribution >= 4 is 21.9 Å². The second-order valence-electron chi connectivity index (χ2n) is 4.65. The lowest BCUT2D eigenvalue weighted by Gasteiger charge is -2.20. The first-order valence-corrected chi connectivity index (χ1v) is 6.67. The molecule has 2 rings (SSSR count). The molecule has 1 atom stereocenters. The van der Waals surface area contributed by atoms with Crippen LogP contribution in [0.15, 0.2) is 16.6 Å². The van der Waals surface area contributed by atoms with Gasteiger partial charge in [0.25, 0.3) is 0 Å². The Hall–Kier alpha value is -0.970. The quantitative estimate of drug-likeness (QED) is 0.852. The Morgan fingerprint density at radius 1 is 1.28 bits per heavy atom. The van der Waals surface area contributed by atoms with Gasteiger partial charge < -0.3 is 5.11 Å². The van der Waals surface area contributed by atoms with Crippen LogP contribution in [0.4, 0.5) is 8.78 Å². The van der Waals surface area contributed by atoms with Gasteiger partial charge in [-0.25, -0.2) is 8.78 Å². The first-order valence-electron chi connectivity index (χ1n) is 5.88. The highest BCUT2D eigenvalue weighted by Gasteiger charge is 2.34. The van der Waals surface area contributed by atoms with Crippen LogP contribution < -0.4 is 0 Å². The summed E-state index contributed by atoms with van der Waals surface area (Å²) in [5.41, 5.74) is -0.0462. The number of rotatable bonds is 3. The second-order valence-corrected chi connectivity index (χ2v) is 5.50. The van der Waals surface area contributed by atoms with Gasteiger partial charge in [-0.1, -0.05) is 12.8 Å². The fourth-order valence-electron chi connectivity index (χ4n) is 2.66. The van der Waals surface area contributed by atoms with E-state index in [1.807, 2.05) is 0 Å². The molecule has 1 fully saturated rings. The Morgan fingerprint density at radius 3 is 2.44 bits per heavy atom. The zero-order valence-electron chi connectivity index (χ0n) is 9.63. The molecule has 1 aromatic rings. The molecule has 0 spiro atoms. The van der Waals surface area contributed by atoms with Crippen molar-refractivity contribution in [3.63, 3.8) is 0 Å². The van der Waals surface area contributed by atoms with Gasteiger partial charge in [0.05, 0.1) is 10.4 Å². The van der Waals surface area contributed by atoms with E-state index in [2.05, 4.69) is 15.9 Å². The molecule has 0 saturated heterocycles. The van der Waals surface area contributed by atoms with Gasteiger partial charge in [-0.15, -0.1) is 0 Å². The van der Waals surface area contributed by atoms with Crippen LogP contribution in [-0.4, -0.2) is 11.1 Å². The number of hydrogen-bond acceptors (Lipinski definition) is 1. The van der Waals surface area contributed by atoms with E-state index in [0.717, 1.165) is 37.8 Å². The molecule has 2 nitrogen and oxygen atoms in total. The highest BCUT2D eigenvalue weighted by atomic mass is 79.9. The van der Waals surface area contributed by atoms with Gasteiger partial charge in [-0.05, 0) is 46.8 Å². The summed E-state index contributed by atoms with van der Waals surface area (Å²) in [5, 5.41) is 9.27. The molecule has 0 radical (unpaired) electrons. The maximum absolute atomic E-state index is 13.8. The maximum atomic E-state index is 13.8. The van der Waals surface area contributed by atoms with Crippen LogP contribution in [0.2, 0.25) is 0 Å². The number of benzene rings is 1. The smallest absolute Gasteiger partial charge is 0.311 e. The van der Waals surface area contributed by atoms with Crippen molar-refractivity contribution in [3.05, 3.63) is 33.8 Å². The van der Waals surface area contributed by atoms with Crippen LogP contribution in [0, 0.1) is 17.6 Å². The lowest BCUT2D eigenvalue weighted by Crippen LogP contribution is -2.21. The molecule has 1 N–H and O–H groups in total. The fraction of sp³-hybridized carbons (Fsp3) is 0.462. The van der Waals surface area contributed by atoms with E-state index in [9.17, 15) is 18.7 Å². The third-order valence-electron chi connectivity index (χ3n) is 3.51. The molecule has 0 aliphatic heterocycles. The number of carbonyl (C=O) groups is 1. The van der Waals surface area contributed by atoms with Crippen LogP contribution in [0.25, 0.3) is 0 Å². The standard InChI is InChI=1S/C13H13BrF2O2/c14-9-6-10(15)8(5-11(9)16)12(13(17)18)7-3-1-2-4-7/h5-7,12H,1-4H2,(H,17,18). The van der Waals surface area contributed by atoms with Gasteiger partial charge in [0.2, 0.25) is 0 Å². The Morgan fingerprint density at radius 2 is 1.89 bits per heavy atom. The van der Waals surface area contributed by atoms with E-state index in [0.29, 0.717) is 0 Å². The van der Waals surface area contributed by atoms with E-state index in [1.165, 1.54) is 0 Å². The van der Waals surface area contributed by atoms with Gasteiger partial charge >= 0.3 is 5.97 Å². The molecule has 1 aliphatic rings. The number of halogens is 3. The van der Waals surface area contributed by atoms with Gasteiger partial charge in [0.15, 0.2) is 0 Å². The van der Waals surface area contributed by atoms with Crippen molar-refractivity contribution in [1.82, 2.24) is 0 Å². The minimum atomic E-state index is -1.08. The van der Waals surface area contributed by atoms with Crippen LogP contribution in [0.3, 0.4) is 0 Å². The summed E-state index contributed by atoms with van der Waals surface area (Å²) in [6, 6.07) is 1.99. The van der Waals surface area contributed by atoms with E-state index >= 15 is 0 Å². The first-order chi connectivity index (χ1) is 8.50. The maximum Gasteiger partial charge on any atom is 0.311 e. The van der Waals surface area contributed by atoms with E-state index in [-0.39, 0.29) is 16.0 Å². The number of aliphatic carboxylic acids is 1. The van der Waals surface area contributed by atoms with Crippen LogP contribution >= 0.6 is 15.9 Å². The molecule has 0 aromatic heterocycles. The molecule has 0 amide bonds. The van der Waals surface area contributed by atoms with Crippen LogP contribution in [0.1, 0.15) is 37.2 Å². The minimum absolute atomic E-state index is 0.0133. The summed E-state index contributed by atoms with van der Waals surface area (Å²) in [6.45, 7) is 0. The minimum Gasteiger partial charge on any atom is -0.481 e. The Balaban J connectivity index is 2.42. The molecule has 5 heteroatoms. The topological polar surface area (TPSA) is 37.3 Å². The monoisotopic (exact) mass is 318 g/mol. The summed E-state index contributed by atoms with van der Waals surface area (Å²) < 4.78 is 27.3. The van der Waals surface area contributed by atoms with Crippen molar-refractivity contribution in [1.29, 1.82) is 0 Å². The number of hydrogen-bond donors (Lipinski definition) is 1. The van der Waals surface area contributed by atoms with Crippen LogP contribution in [-0.2, 0) is 4.79 Å². The molecule has 1 aliphatic carbocycles. The summed E-state index contributed by atoms with van der Waals surface area (Å²) in [6.07, 6.45) is 3.42. The Kier molecular flexibility index (Phi) is 4.00. The zero-order valence-corrected chi connectivity index (χ0v) is 11.2. The first kappa shape index (κ1) is 13.5. The predicted molar refractivity (Wildman–Crippen MR) is 66.4 cm³/mol. The molecule has 0 bridgehead atoms. The van der Waals surface area contributed by atoms with Crippen molar-refractivity contribution < 1.29 is 18.7 Å². The van der Waals surface area contributed by atoms with Crippen molar-refractivity contribution in [2.45, 2.75) is 31.6 Å². The van der Waals surface area contributed by atoms with E-state index in [4.69, 9.17) is 0 Å². The highest BCUT2D eigenvalue weighted by Crippen LogP contribution is 2.39. The molecule has 0 heterocycles. The largest absolute Gasteiger partial charge is 0.481 e. The SMILES string of the molecule is O=C(O)C(c1cc(F)c(Br)cc1F)C1CCCC1. The lowest BCUT2D eigenvalue weighted by atomic mass is 9.84. The summed E-state index contributed by atoms with van der Waals surface area (Å²) in [4.78, 5) is 11.3. The van der Waals surface area contributed by atoms with E-state index < -0.39 is 23.5 Å².